The Balaban J connectivity index is 1.15. The van der Waals surface area contributed by atoms with Crippen LogP contribution in [0.5, 0.6) is 0 Å². The van der Waals surface area contributed by atoms with Crippen molar-refractivity contribution >= 4 is 23.6 Å². The number of rotatable bonds is 5. The van der Waals surface area contributed by atoms with E-state index in [4.69, 9.17) is 4.52 Å². The van der Waals surface area contributed by atoms with E-state index in [0.29, 0.717) is 32.0 Å². The molecule has 0 radical (unpaired) electrons. The average molecular weight is 486 g/mol. The normalized spacial score (nSPS) is 16.5. The molecule has 0 spiro atoms. The zero-order valence-corrected chi connectivity index (χ0v) is 20.6. The summed E-state index contributed by atoms with van der Waals surface area (Å²) in [5.41, 5.74) is 4.17. The summed E-state index contributed by atoms with van der Waals surface area (Å²) < 4.78 is 5.30. The molecule has 0 N–H and O–H groups in total. The van der Waals surface area contributed by atoms with Crippen LogP contribution in [0.2, 0.25) is 0 Å². The predicted octanol–water partition coefficient (Wildman–Crippen LogP) is 4.03. The zero-order valence-electron chi connectivity index (χ0n) is 20.6. The summed E-state index contributed by atoms with van der Waals surface area (Å²) in [5, 5.41) is 4.03. The molecule has 0 aliphatic carbocycles. The molecule has 0 atom stereocenters. The molecule has 3 heterocycles. The fraction of sp³-hybridized carbons (Fsp3) is 0.357. The van der Waals surface area contributed by atoms with Crippen LogP contribution in [0.3, 0.4) is 0 Å². The lowest BCUT2D eigenvalue weighted by atomic mass is 10.1. The van der Waals surface area contributed by atoms with E-state index in [-0.39, 0.29) is 17.7 Å². The Bertz CT molecular complexity index is 1220. The van der Waals surface area contributed by atoms with E-state index in [0.717, 1.165) is 24.2 Å². The Morgan fingerprint density at radius 1 is 0.833 bits per heavy atom. The average Bonchev–Trinajstić information content (AvgIpc) is 3.43. The summed E-state index contributed by atoms with van der Waals surface area (Å²) in [7, 11) is 0. The fourth-order valence-corrected chi connectivity index (χ4v) is 4.62. The number of amides is 2. The predicted molar refractivity (Wildman–Crippen MR) is 138 cm³/mol. The molecule has 2 aliphatic heterocycles. The molecule has 2 saturated heterocycles. The topological polar surface area (TPSA) is 82.8 Å². The van der Waals surface area contributed by atoms with Crippen molar-refractivity contribution in [1.29, 1.82) is 0 Å². The number of aryl methyl sites for hydroxylation is 1. The summed E-state index contributed by atoms with van der Waals surface area (Å²) >= 11 is 0. The van der Waals surface area contributed by atoms with Crippen LogP contribution in [0.4, 0.5) is 5.69 Å². The van der Waals surface area contributed by atoms with Crippen molar-refractivity contribution in [1.82, 2.24) is 19.9 Å². The minimum absolute atomic E-state index is 0.0239. The molecule has 2 fully saturated rings. The summed E-state index contributed by atoms with van der Waals surface area (Å²) in [5.74, 6) is 0.0134. The van der Waals surface area contributed by atoms with Crippen LogP contribution < -0.4 is 4.90 Å². The molecule has 5 rings (SSSR count). The molecule has 0 unspecified atom stereocenters. The van der Waals surface area contributed by atoms with Gasteiger partial charge in [-0.05, 0) is 62.1 Å². The number of piperidine rings is 1. The van der Waals surface area contributed by atoms with E-state index in [1.807, 2.05) is 49.4 Å². The van der Waals surface area contributed by atoms with Gasteiger partial charge in [0.25, 0.3) is 0 Å². The van der Waals surface area contributed by atoms with E-state index >= 15 is 0 Å². The van der Waals surface area contributed by atoms with Crippen LogP contribution in [0, 0.1) is 6.92 Å². The SMILES string of the molecule is Cc1ccc(C=CC(=O)N2CCN(C(=O)c3nc(-c4ccc(N5CCCCC5)cc4)no3)CC2)cc1. The van der Waals surface area contributed by atoms with Gasteiger partial charge in [0.1, 0.15) is 0 Å². The van der Waals surface area contributed by atoms with Crippen LogP contribution in [-0.2, 0) is 4.79 Å². The van der Waals surface area contributed by atoms with Gasteiger partial charge in [0.15, 0.2) is 0 Å². The minimum atomic E-state index is -0.305. The van der Waals surface area contributed by atoms with Gasteiger partial charge in [-0.15, -0.1) is 0 Å². The number of piperazine rings is 1. The van der Waals surface area contributed by atoms with E-state index in [1.165, 1.54) is 30.5 Å². The second-order valence-electron chi connectivity index (χ2n) is 9.38. The first-order valence-electron chi connectivity index (χ1n) is 12.6. The first-order valence-corrected chi connectivity index (χ1v) is 12.6. The third kappa shape index (κ3) is 5.48. The molecule has 0 bridgehead atoms. The molecule has 2 aromatic carbocycles. The van der Waals surface area contributed by atoms with Crippen LogP contribution in [-0.4, -0.2) is 71.0 Å². The zero-order chi connectivity index (χ0) is 24.9. The number of hydrogen-bond acceptors (Lipinski definition) is 6. The third-order valence-electron chi connectivity index (χ3n) is 6.83. The maximum Gasteiger partial charge on any atom is 0.316 e. The lowest BCUT2D eigenvalue weighted by Gasteiger charge is -2.33. The quantitative estimate of drug-likeness (QED) is 0.508. The van der Waals surface area contributed by atoms with Gasteiger partial charge in [-0.3, -0.25) is 9.59 Å². The van der Waals surface area contributed by atoms with Gasteiger partial charge in [-0.25, -0.2) is 0 Å². The highest BCUT2D eigenvalue weighted by Gasteiger charge is 2.27. The van der Waals surface area contributed by atoms with Crippen LogP contribution in [0.15, 0.2) is 59.1 Å². The Morgan fingerprint density at radius 3 is 2.19 bits per heavy atom. The smallest absolute Gasteiger partial charge is 0.316 e. The number of carbonyl (C=O) groups is 2. The third-order valence-corrected chi connectivity index (χ3v) is 6.83. The molecule has 36 heavy (non-hydrogen) atoms. The molecular weight excluding hydrogens is 454 g/mol. The van der Waals surface area contributed by atoms with Gasteiger partial charge >= 0.3 is 11.8 Å². The molecule has 1 aromatic heterocycles. The molecule has 8 heteroatoms. The Hall–Kier alpha value is -3.94. The molecule has 3 aromatic rings. The highest BCUT2D eigenvalue weighted by molar-refractivity contribution is 5.93. The largest absolute Gasteiger partial charge is 0.372 e. The number of nitrogens with zero attached hydrogens (tertiary/aromatic N) is 5. The Morgan fingerprint density at radius 2 is 1.50 bits per heavy atom. The van der Waals surface area contributed by atoms with Crippen molar-refractivity contribution in [3.8, 4) is 11.4 Å². The van der Waals surface area contributed by atoms with Crippen molar-refractivity contribution in [2.24, 2.45) is 0 Å². The van der Waals surface area contributed by atoms with Crippen molar-refractivity contribution in [3.05, 3.63) is 71.6 Å². The van der Waals surface area contributed by atoms with Gasteiger partial charge in [-0.2, -0.15) is 4.98 Å². The van der Waals surface area contributed by atoms with Gasteiger partial charge < -0.3 is 19.2 Å². The Labute approximate surface area is 211 Å². The van der Waals surface area contributed by atoms with E-state index in [1.54, 1.807) is 15.9 Å². The van der Waals surface area contributed by atoms with Crippen molar-refractivity contribution in [2.75, 3.05) is 44.2 Å². The van der Waals surface area contributed by atoms with Crippen molar-refractivity contribution < 1.29 is 14.1 Å². The molecule has 186 valence electrons. The summed E-state index contributed by atoms with van der Waals surface area (Å²) in [6, 6.07) is 16.1. The van der Waals surface area contributed by atoms with Crippen molar-refractivity contribution in [2.45, 2.75) is 26.2 Å². The second-order valence-corrected chi connectivity index (χ2v) is 9.38. The molecular formula is C28H31N5O3. The van der Waals surface area contributed by atoms with Crippen LogP contribution in [0.1, 0.15) is 41.1 Å². The highest BCUT2D eigenvalue weighted by Crippen LogP contribution is 2.24. The summed E-state index contributed by atoms with van der Waals surface area (Å²) in [4.78, 5) is 35.6. The maximum atomic E-state index is 12.9. The van der Waals surface area contributed by atoms with Gasteiger partial charge in [-0.1, -0.05) is 35.0 Å². The molecule has 0 saturated carbocycles. The number of hydrogen-bond donors (Lipinski definition) is 0. The molecule has 8 nitrogen and oxygen atoms in total. The first-order chi connectivity index (χ1) is 17.6. The van der Waals surface area contributed by atoms with E-state index < -0.39 is 0 Å². The van der Waals surface area contributed by atoms with Crippen LogP contribution in [0.25, 0.3) is 17.5 Å². The second kappa shape index (κ2) is 10.8. The Kier molecular flexibility index (Phi) is 7.11. The van der Waals surface area contributed by atoms with Gasteiger partial charge in [0, 0.05) is 56.6 Å². The van der Waals surface area contributed by atoms with Gasteiger partial charge in [0.05, 0.1) is 0 Å². The number of aromatic nitrogens is 2. The highest BCUT2D eigenvalue weighted by atomic mass is 16.5. The number of carbonyl (C=O) groups excluding carboxylic acids is 2. The van der Waals surface area contributed by atoms with E-state index in [9.17, 15) is 9.59 Å². The van der Waals surface area contributed by atoms with Crippen LogP contribution >= 0.6 is 0 Å². The summed E-state index contributed by atoms with van der Waals surface area (Å²) in [6.07, 6.45) is 7.15. The lowest BCUT2D eigenvalue weighted by Crippen LogP contribution is -2.50. The van der Waals surface area contributed by atoms with Crippen molar-refractivity contribution in [3.63, 3.8) is 0 Å². The van der Waals surface area contributed by atoms with E-state index in [2.05, 4.69) is 27.2 Å². The number of anilines is 1. The standard InChI is InChI=1S/C28H31N5O3/c1-21-5-7-22(8-6-21)9-14-25(34)32-17-19-33(20-18-32)28(35)27-29-26(30-36-27)23-10-12-24(13-11-23)31-15-3-2-4-16-31/h5-14H,2-4,15-20H2,1H3. The summed E-state index contributed by atoms with van der Waals surface area (Å²) in [6.45, 7) is 5.96. The minimum Gasteiger partial charge on any atom is -0.372 e. The maximum absolute atomic E-state index is 12.9. The lowest BCUT2D eigenvalue weighted by molar-refractivity contribution is -0.127. The molecule has 2 amide bonds. The monoisotopic (exact) mass is 485 g/mol. The fourth-order valence-electron chi connectivity index (χ4n) is 4.62. The van der Waals surface area contributed by atoms with Gasteiger partial charge in [0.2, 0.25) is 11.7 Å². The number of benzene rings is 2. The first kappa shape index (κ1) is 23.8. The molecule has 2 aliphatic rings.